The van der Waals surface area contributed by atoms with E-state index in [9.17, 15) is 9.90 Å². The second-order valence-corrected chi connectivity index (χ2v) is 8.17. The Labute approximate surface area is 133 Å². The molecule has 1 aromatic rings. The first kappa shape index (κ1) is 15.6. The Kier molecular flexibility index (Phi) is 3.62. The van der Waals surface area contributed by atoms with E-state index < -0.39 is 0 Å². The lowest BCUT2D eigenvalue weighted by atomic mass is 9.49. The summed E-state index contributed by atoms with van der Waals surface area (Å²) in [7, 11) is 0. The van der Waals surface area contributed by atoms with Crippen LogP contribution in [-0.4, -0.2) is 11.4 Å². The topological polar surface area (TPSA) is 37.3 Å². The molecule has 1 N–H and O–H groups in total. The summed E-state index contributed by atoms with van der Waals surface area (Å²) >= 11 is 0. The zero-order valence-corrected chi connectivity index (χ0v) is 14.3. The average molecular weight is 300 g/mol. The number of hydrogen-bond donors (Lipinski definition) is 1. The largest absolute Gasteiger partial charge is 0.508 e. The summed E-state index contributed by atoms with van der Waals surface area (Å²) in [6, 6.07) is 3.96. The number of benzene rings is 1. The van der Waals surface area contributed by atoms with Crippen LogP contribution in [-0.2, 0) is 16.6 Å². The third kappa shape index (κ3) is 2.03. The first-order chi connectivity index (χ1) is 10.3. The van der Waals surface area contributed by atoms with E-state index in [1.165, 1.54) is 17.4 Å². The summed E-state index contributed by atoms with van der Waals surface area (Å²) in [5.74, 6) is 1.24. The van der Waals surface area contributed by atoms with Gasteiger partial charge in [-0.1, -0.05) is 40.2 Å². The van der Waals surface area contributed by atoms with Gasteiger partial charge in [-0.15, -0.1) is 0 Å². The van der Waals surface area contributed by atoms with Gasteiger partial charge in [-0.05, 0) is 54.7 Å². The predicted octanol–water partition coefficient (Wildman–Crippen LogP) is 4.72. The highest BCUT2D eigenvalue weighted by atomic mass is 16.3. The third-order valence-electron chi connectivity index (χ3n) is 6.45. The molecular weight excluding hydrogens is 272 g/mol. The summed E-state index contributed by atoms with van der Waals surface area (Å²) in [4.78, 5) is 11.8. The second kappa shape index (κ2) is 5.11. The van der Waals surface area contributed by atoms with Crippen LogP contribution in [0.4, 0.5) is 0 Å². The Bertz CT molecular complexity index is 604. The maximum atomic E-state index is 11.8. The summed E-state index contributed by atoms with van der Waals surface area (Å²) in [5, 5.41) is 10.6. The van der Waals surface area contributed by atoms with Crippen LogP contribution in [0.5, 0.6) is 5.75 Å². The first-order valence-electron chi connectivity index (χ1n) is 8.65. The van der Waals surface area contributed by atoms with Crippen LogP contribution in [0.3, 0.4) is 0 Å². The number of phenols is 1. The van der Waals surface area contributed by atoms with Gasteiger partial charge < -0.3 is 9.90 Å². The Balaban J connectivity index is 2.20. The standard InChI is InChI=1S/C20H28O2/c1-13(2)14-6-8-16(22)18-15(14)7-9-17-19(3,12-21)10-5-11-20(17,18)4/h6,8,12-13,17,22H,5,7,9-11H2,1-4H3. The Hall–Kier alpha value is -1.31. The van der Waals surface area contributed by atoms with Crippen molar-refractivity contribution in [3.05, 3.63) is 28.8 Å². The number of phenolic OH excluding ortho intramolecular Hbond substituents is 1. The molecule has 22 heavy (non-hydrogen) atoms. The van der Waals surface area contributed by atoms with Crippen molar-refractivity contribution in [2.75, 3.05) is 0 Å². The molecule has 1 fully saturated rings. The fraction of sp³-hybridized carbons (Fsp3) is 0.650. The Morgan fingerprint density at radius 2 is 2.00 bits per heavy atom. The van der Waals surface area contributed by atoms with Crippen molar-refractivity contribution >= 4 is 6.29 Å². The Morgan fingerprint density at radius 3 is 2.64 bits per heavy atom. The molecule has 0 radical (unpaired) electrons. The summed E-state index contributed by atoms with van der Waals surface area (Å²) in [6.45, 7) is 8.84. The molecular formula is C20H28O2. The van der Waals surface area contributed by atoms with E-state index in [2.05, 4.69) is 33.8 Å². The van der Waals surface area contributed by atoms with Gasteiger partial charge in [-0.25, -0.2) is 0 Å². The lowest BCUT2D eigenvalue weighted by molar-refractivity contribution is -0.123. The quantitative estimate of drug-likeness (QED) is 0.802. The van der Waals surface area contributed by atoms with Crippen LogP contribution in [0.1, 0.15) is 76.0 Å². The molecule has 120 valence electrons. The van der Waals surface area contributed by atoms with E-state index in [0.717, 1.165) is 37.7 Å². The van der Waals surface area contributed by atoms with Crippen LogP contribution in [0.2, 0.25) is 0 Å². The van der Waals surface area contributed by atoms with Gasteiger partial charge in [-0.2, -0.15) is 0 Å². The molecule has 1 saturated carbocycles. The van der Waals surface area contributed by atoms with E-state index in [1.54, 1.807) is 0 Å². The second-order valence-electron chi connectivity index (χ2n) is 8.17. The molecule has 0 amide bonds. The minimum Gasteiger partial charge on any atom is -0.508 e. The highest BCUT2D eigenvalue weighted by Gasteiger charge is 2.53. The van der Waals surface area contributed by atoms with E-state index >= 15 is 0 Å². The molecule has 0 saturated heterocycles. The average Bonchev–Trinajstić information content (AvgIpc) is 2.46. The van der Waals surface area contributed by atoms with Crippen LogP contribution < -0.4 is 0 Å². The summed E-state index contributed by atoms with van der Waals surface area (Å²) in [5.41, 5.74) is 3.54. The molecule has 2 nitrogen and oxygen atoms in total. The molecule has 3 rings (SSSR count). The van der Waals surface area contributed by atoms with Crippen molar-refractivity contribution in [3.63, 3.8) is 0 Å². The van der Waals surface area contributed by atoms with Crippen molar-refractivity contribution in [2.45, 2.75) is 71.1 Å². The maximum absolute atomic E-state index is 11.8. The molecule has 0 spiro atoms. The predicted molar refractivity (Wildman–Crippen MR) is 89.4 cm³/mol. The number of aldehydes is 1. The van der Waals surface area contributed by atoms with Gasteiger partial charge in [-0.3, -0.25) is 0 Å². The Morgan fingerprint density at radius 1 is 1.27 bits per heavy atom. The van der Waals surface area contributed by atoms with E-state index in [0.29, 0.717) is 17.6 Å². The minimum absolute atomic E-state index is 0.0729. The molecule has 0 heterocycles. The van der Waals surface area contributed by atoms with Crippen LogP contribution in [0, 0.1) is 11.3 Å². The fourth-order valence-electron chi connectivity index (χ4n) is 5.39. The molecule has 3 unspecified atom stereocenters. The lowest BCUT2D eigenvalue weighted by Gasteiger charge is -2.53. The molecule has 0 aliphatic heterocycles. The monoisotopic (exact) mass is 300 g/mol. The van der Waals surface area contributed by atoms with Gasteiger partial charge in [0.2, 0.25) is 0 Å². The van der Waals surface area contributed by atoms with Gasteiger partial charge in [0.25, 0.3) is 0 Å². The number of carbonyl (C=O) groups excluding carboxylic acids is 1. The molecule has 0 aromatic heterocycles. The molecule has 2 aliphatic carbocycles. The maximum Gasteiger partial charge on any atom is 0.126 e. The van der Waals surface area contributed by atoms with Gasteiger partial charge in [0.1, 0.15) is 12.0 Å². The van der Waals surface area contributed by atoms with Crippen LogP contribution in [0.25, 0.3) is 0 Å². The summed E-state index contributed by atoms with van der Waals surface area (Å²) in [6.07, 6.45) is 6.35. The lowest BCUT2D eigenvalue weighted by Crippen LogP contribution is -2.50. The number of fused-ring (bicyclic) bond motifs is 3. The van der Waals surface area contributed by atoms with Gasteiger partial charge in [0.05, 0.1) is 0 Å². The molecule has 2 aliphatic rings. The highest BCUT2D eigenvalue weighted by Crippen LogP contribution is 2.58. The van der Waals surface area contributed by atoms with E-state index in [-0.39, 0.29) is 10.8 Å². The van der Waals surface area contributed by atoms with Crippen molar-refractivity contribution in [1.82, 2.24) is 0 Å². The van der Waals surface area contributed by atoms with Crippen LogP contribution in [0.15, 0.2) is 12.1 Å². The van der Waals surface area contributed by atoms with Crippen molar-refractivity contribution < 1.29 is 9.90 Å². The van der Waals surface area contributed by atoms with Crippen molar-refractivity contribution in [3.8, 4) is 5.75 Å². The first-order valence-corrected chi connectivity index (χ1v) is 8.65. The summed E-state index contributed by atoms with van der Waals surface area (Å²) < 4.78 is 0. The molecule has 1 aromatic carbocycles. The van der Waals surface area contributed by atoms with Crippen molar-refractivity contribution in [2.24, 2.45) is 11.3 Å². The third-order valence-corrected chi connectivity index (χ3v) is 6.45. The minimum atomic E-state index is -0.245. The fourth-order valence-corrected chi connectivity index (χ4v) is 5.39. The van der Waals surface area contributed by atoms with Crippen LogP contribution >= 0.6 is 0 Å². The molecule has 2 heteroatoms. The van der Waals surface area contributed by atoms with Crippen molar-refractivity contribution in [1.29, 1.82) is 0 Å². The zero-order chi connectivity index (χ0) is 16.1. The number of rotatable bonds is 2. The van der Waals surface area contributed by atoms with Gasteiger partial charge in [0, 0.05) is 16.4 Å². The van der Waals surface area contributed by atoms with E-state index in [1.807, 2.05) is 6.07 Å². The smallest absolute Gasteiger partial charge is 0.126 e. The zero-order valence-electron chi connectivity index (χ0n) is 14.3. The van der Waals surface area contributed by atoms with Gasteiger partial charge in [0.15, 0.2) is 0 Å². The SMILES string of the molecule is CC(C)c1ccc(O)c2c1CCC1C(C)(C=O)CCCC21C. The normalized spacial score (nSPS) is 34.1. The number of carbonyl (C=O) groups is 1. The van der Waals surface area contributed by atoms with E-state index in [4.69, 9.17) is 0 Å². The van der Waals surface area contributed by atoms with Gasteiger partial charge >= 0.3 is 0 Å². The molecule has 0 bridgehead atoms. The molecule has 3 atom stereocenters. The number of aromatic hydroxyl groups is 1. The highest BCUT2D eigenvalue weighted by molar-refractivity contribution is 5.62. The number of hydrogen-bond acceptors (Lipinski definition) is 2.